The molecule has 1 heterocycles. The number of nitrogens with two attached hydrogens (primary N) is 2. The maximum Gasteiger partial charge on any atom is 0.271 e. The Morgan fingerprint density at radius 3 is 2.52 bits per heavy atom. The van der Waals surface area contributed by atoms with E-state index < -0.39 is 5.91 Å². The van der Waals surface area contributed by atoms with Crippen molar-refractivity contribution in [3.63, 3.8) is 0 Å². The van der Waals surface area contributed by atoms with Gasteiger partial charge in [0.25, 0.3) is 5.91 Å². The number of amides is 1. The van der Waals surface area contributed by atoms with Crippen LogP contribution in [0.15, 0.2) is 46.2 Å². The van der Waals surface area contributed by atoms with E-state index in [1.807, 2.05) is 12.1 Å². The Morgan fingerprint density at radius 1 is 1.16 bits per heavy atom. The molecule has 1 amide bonds. The first-order chi connectivity index (χ1) is 11.9. The van der Waals surface area contributed by atoms with Crippen molar-refractivity contribution in [3.8, 4) is 0 Å². The maximum absolute atomic E-state index is 11.3. The molecule has 0 atom stereocenters. The standard InChI is InChI=1S/C16H13Cl2N5OS/c17-9-1-3-10(4-2-9)25-15-11(18)5-8(6-12(15)19)7-13-14(16(20)24)22-23-21-13/h1-6H,7,19H2,(H2,20,24)(H,21,22,23). The van der Waals surface area contributed by atoms with Crippen molar-refractivity contribution in [3.05, 3.63) is 63.4 Å². The van der Waals surface area contributed by atoms with Crippen LogP contribution >= 0.6 is 35.0 Å². The molecular formula is C16H13Cl2N5OS. The van der Waals surface area contributed by atoms with Crippen LogP contribution in [0.1, 0.15) is 21.7 Å². The number of hydrogen-bond donors (Lipinski definition) is 3. The second-order valence-corrected chi connectivity index (χ2v) is 7.14. The first-order valence-corrected chi connectivity index (χ1v) is 8.72. The Morgan fingerprint density at radius 2 is 1.88 bits per heavy atom. The molecule has 0 saturated carbocycles. The zero-order chi connectivity index (χ0) is 18.0. The van der Waals surface area contributed by atoms with Crippen LogP contribution in [0.25, 0.3) is 0 Å². The summed E-state index contributed by atoms with van der Waals surface area (Å²) in [6, 6.07) is 11.0. The topological polar surface area (TPSA) is 111 Å². The number of nitrogens with zero attached hydrogens (tertiary/aromatic N) is 2. The minimum Gasteiger partial charge on any atom is -0.398 e. The van der Waals surface area contributed by atoms with Crippen LogP contribution in [0, 0.1) is 0 Å². The highest BCUT2D eigenvalue weighted by Crippen LogP contribution is 2.39. The molecule has 9 heteroatoms. The summed E-state index contributed by atoms with van der Waals surface area (Å²) < 4.78 is 0. The minimum absolute atomic E-state index is 0.106. The lowest BCUT2D eigenvalue weighted by molar-refractivity contribution is 0.0994. The molecule has 6 nitrogen and oxygen atoms in total. The van der Waals surface area contributed by atoms with Crippen LogP contribution < -0.4 is 11.5 Å². The number of carbonyl (C=O) groups is 1. The Kier molecular flexibility index (Phi) is 5.17. The predicted octanol–water partition coefficient (Wildman–Crippen LogP) is 3.53. The van der Waals surface area contributed by atoms with Crippen molar-refractivity contribution < 1.29 is 4.79 Å². The number of primary amides is 1. The number of anilines is 1. The number of nitrogens with one attached hydrogen (secondary N) is 1. The molecule has 3 aromatic rings. The fourth-order valence-electron chi connectivity index (χ4n) is 2.27. The largest absolute Gasteiger partial charge is 0.398 e. The third-order valence-electron chi connectivity index (χ3n) is 3.39. The van der Waals surface area contributed by atoms with E-state index in [0.717, 1.165) is 15.4 Å². The van der Waals surface area contributed by atoms with Crippen molar-refractivity contribution in [2.75, 3.05) is 5.73 Å². The number of hydrogen-bond acceptors (Lipinski definition) is 5. The van der Waals surface area contributed by atoms with Gasteiger partial charge < -0.3 is 11.5 Å². The molecule has 0 bridgehead atoms. The Hall–Kier alpha value is -2.22. The van der Waals surface area contributed by atoms with Crippen molar-refractivity contribution in [1.82, 2.24) is 15.4 Å². The van der Waals surface area contributed by atoms with Gasteiger partial charge in [0.05, 0.1) is 15.6 Å². The zero-order valence-electron chi connectivity index (χ0n) is 12.8. The molecule has 0 radical (unpaired) electrons. The molecule has 128 valence electrons. The van der Waals surface area contributed by atoms with Gasteiger partial charge in [0, 0.05) is 22.0 Å². The number of aromatic nitrogens is 3. The third kappa shape index (κ3) is 4.07. The molecule has 5 N–H and O–H groups in total. The van der Waals surface area contributed by atoms with Gasteiger partial charge in [-0.25, -0.2) is 0 Å². The first kappa shape index (κ1) is 17.6. The summed E-state index contributed by atoms with van der Waals surface area (Å²) in [6.07, 6.45) is 0.338. The first-order valence-electron chi connectivity index (χ1n) is 7.15. The number of H-pyrrole nitrogens is 1. The van der Waals surface area contributed by atoms with Gasteiger partial charge in [-0.15, -0.1) is 0 Å². The van der Waals surface area contributed by atoms with Crippen LogP contribution in [0.5, 0.6) is 0 Å². The summed E-state index contributed by atoms with van der Waals surface area (Å²) in [5, 5.41) is 11.3. The summed E-state index contributed by atoms with van der Waals surface area (Å²) >= 11 is 13.7. The average Bonchev–Trinajstić information content (AvgIpc) is 3.01. The molecule has 0 aliphatic heterocycles. The SMILES string of the molecule is NC(=O)c1n[nH]nc1Cc1cc(N)c(Sc2ccc(Cl)cc2)c(Cl)c1. The van der Waals surface area contributed by atoms with Gasteiger partial charge in [0.1, 0.15) is 0 Å². The lowest BCUT2D eigenvalue weighted by Gasteiger charge is -2.10. The monoisotopic (exact) mass is 393 g/mol. The van der Waals surface area contributed by atoms with Crippen LogP contribution in [0.4, 0.5) is 5.69 Å². The highest BCUT2D eigenvalue weighted by Gasteiger charge is 2.16. The number of rotatable bonds is 5. The molecule has 25 heavy (non-hydrogen) atoms. The summed E-state index contributed by atoms with van der Waals surface area (Å²) in [7, 11) is 0. The van der Waals surface area contributed by atoms with Gasteiger partial charge in [0.15, 0.2) is 5.69 Å². The lowest BCUT2D eigenvalue weighted by atomic mass is 10.1. The second kappa shape index (κ2) is 7.35. The van der Waals surface area contributed by atoms with Crippen molar-refractivity contribution in [2.45, 2.75) is 16.2 Å². The number of carbonyl (C=O) groups excluding carboxylic acids is 1. The van der Waals surface area contributed by atoms with Gasteiger partial charge in [-0.2, -0.15) is 15.4 Å². The number of benzene rings is 2. The van der Waals surface area contributed by atoms with E-state index >= 15 is 0 Å². The van der Waals surface area contributed by atoms with E-state index in [0.29, 0.717) is 27.8 Å². The maximum atomic E-state index is 11.3. The Bertz CT molecular complexity index is 904. The predicted molar refractivity (Wildman–Crippen MR) is 99.1 cm³/mol. The highest BCUT2D eigenvalue weighted by atomic mass is 35.5. The van der Waals surface area contributed by atoms with Crippen LogP contribution in [0.3, 0.4) is 0 Å². The highest BCUT2D eigenvalue weighted by molar-refractivity contribution is 7.99. The molecule has 1 aromatic heterocycles. The molecule has 0 fully saturated rings. The molecule has 0 aliphatic carbocycles. The summed E-state index contributed by atoms with van der Waals surface area (Å²) in [4.78, 5) is 13.0. The minimum atomic E-state index is -0.641. The van der Waals surface area contributed by atoms with Crippen molar-refractivity contribution >= 4 is 46.6 Å². The lowest BCUT2D eigenvalue weighted by Crippen LogP contribution is -2.14. The normalized spacial score (nSPS) is 10.8. The van der Waals surface area contributed by atoms with E-state index in [4.69, 9.17) is 34.7 Å². The molecule has 0 saturated heterocycles. The van der Waals surface area contributed by atoms with Gasteiger partial charge in [-0.05, 0) is 42.0 Å². The molecular weight excluding hydrogens is 381 g/mol. The van der Waals surface area contributed by atoms with Crippen LogP contribution in [-0.4, -0.2) is 21.3 Å². The van der Waals surface area contributed by atoms with E-state index in [1.54, 1.807) is 24.3 Å². The average molecular weight is 394 g/mol. The van der Waals surface area contributed by atoms with E-state index in [-0.39, 0.29) is 5.69 Å². The fourth-order valence-corrected chi connectivity index (χ4v) is 3.60. The van der Waals surface area contributed by atoms with Gasteiger partial charge in [-0.1, -0.05) is 35.0 Å². The molecule has 3 rings (SSSR count). The summed E-state index contributed by atoms with van der Waals surface area (Å²) in [5.41, 5.74) is 13.3. The fraction of sp³-hybridized carbons (Fsp3) is 0.0625. The Balaban J connectivity index is 1.86. The number of nitrogen functional groups attached to an aromatic ring is 1. The van der Waals surface area contributed by atoms with Crippen molar-refractivity contribution in [1.29, 1.82) is 0 Å². The summed E-state index contributed by atoms with van der Waals surface area (Å²) in [6.45, 7) is 0. The zero-order valence-corrected chi connectivity index (χ0v) is 15.1. The van der Waals surface area contributed by atoms with Gasteiger partial charge >= 0.3 is 0 Å². The molecule has 0 aliphatic rings. The number of aromatic amines is 1. The number of halogens is 2. The van der Waals surface area contributed by atoms with Crippen LogP contribution in [-0.2, 0) is 6.42 Å². The van der Waals surface area contributed by atoms with E-state index in [2.05, 4.69) is 15.4 Å². The molecule has 0 spiro atoms. The third-order valence-corrected chi connectivity index (χ3v) is 5.22. The van der Waals surface area contributed by atoms with Crippen molar-refractivity contribution in [2.24, 2.45) is 5.73 Å². The smallest absolute Gasteiger partial charge is 0.271 e. The van der Waals surface area contributed by atoms with E-state index in [1.165, 1.54) is 11.8 Å². The summed E-state index contributed by atoms with van der Waals surface area (Å²) in [5.74, 6) is -0.641. The quantitative estimate of drug-likeness (QED) is 0.574. The molecule has 2 aromatic carbocycles. The van der Waals surface area contributed by atoms with Crippen LogP contribution in [0.2, 0.25) is 10.0 Å². The molecule has 0 unspecified atom stereocenters. The van der Waals surface area contributed by atoms with Gasteiger partial charge in [-0.3, -0.25) is 4.79 Å². The Labute approximate surface area is 157 Å². The van der Waals surface area contributed by atoms with E-state index in [9.17, 15) is 4.79 Å². The second-order valence-electron chi connectivity index (χ2n) is 5.21. The van der Waals surface area contributed by atoms with Gasteiger partial charge in [0.2, 0.25) is 0 Å².